The average molecular weight is 258 g/mol. The highest BCUT2D eigenvalue weighted by Gasteiger charge is 2.20. The lowest BCUT2D eigenvalue weighted by molar-refractivity contribution is -0.388. The molecule has 0 aliphatic carbocycles. The second-order valence-electron chi connectivity index (χ2n) is 4.08. The summed E-state index contributed by atoms with van der Waals surface area (Å²) in [5, 5.41) is 21.6. The predicted molar refractivity (Wildman–Crippen MR) is 69.2 cm³/mol. The molecular formula is C11H10N6O2. The number of hydrogen-bond donors (Lipinski definition) is 2. The van der Waals surface area contributed by atoms with Crippen LogP contribution >= 0.6 is 0 Å². The maximum absolute atomic E-state index is 10.9. The summed E-state index contributed by atoms with van der Waals surface area (Å²) in [6.07, 6.45) is 3.09. The molecule has 8 heteroatoms. The molecule has 0 spiro atoms. The maximum atomic E-state index is 10.9. The number of nitro groups is 1. The van der Waals surface area contributed by atoms with E-state index in [1.807, 2.05) is 18.2 Å². The number of aryl methyl sites for hydroxylation is 1. The molecule has 2 aromatic heterocycles. The summed E-state index contributed by atoms with van der Waals surface area (Å²) >= 11 is 0. The van der Waals surface area contributed by atoms with Crippen LogP contribution in [0.25, 0.3) is 10.9 Å². The zero-order valence-electron chi connectivity index (χ0n) is 9.99. The number of aromatic nitrogens is 4. The monoisotopic (exact) mass is 258 g/mol. The van der Waals surface area contributed by atoms with E-state index in [0.717, 1.165) is 16.6 Å². The van der Waals surface area contributed by atoms with Gasteiger partial charge in [0.05, 0.1) is 11.7 Å². The SMILES string of the molecule is Cn1cnc([N+](=O)[O-])c1Nc1ccc2[nH]ncc2c1. The summed E-state index contributed by atoms with van der Waals surface area (Å²) in [7, 11) is 1.69. The number of aromatic amines is 1. The normalized spacial score (nSPS) is 10.8. The zero-order chi connectivity index (χ0) is 13.4. The largest absolute Gasteiger partial charge is 0.406 e. The molecule has 0 amide bonds. The molecule has 3 rings (SSSR count). The van der Waals surface area contributed by atoms with Gasteiger partial charge in [-0.05, 0) is 28.1 Å². The fourth-order valence-electron chi connectivity index (χ4n) is 1.85. The quantitative estimate of drug-likeness (QED) is 0.552. The Morgan fingerprint density at radius 1 is 1.47 bits per heavy atom. The van der Waals surface area contributed by atoms with Gasteiger partial charge in [-0.15, -0.1) is 0 Å². The van der Waals surface area contributed by atoms with Crippen LogP contribution in [0.2, 0.25) is 0 Å². The second-order valence-corrected chi connectivity index (χ2v) is 4.08. The fraction of sp³-hybridized carbons (Fsp3) is 0.0909. The molecular weight excluding hydrogens is 248 g/mol. The molecule has 8 nitrogen and oxygen atoms in total. The van der Waals surface area contributed by atoms with Gasteiger partial charge in [-0.1, -0.05) is 0 Å². The molecule has 0 bridgehead atoms. The molecule has 3 aromatic rings. The van der Waals surface area contributed by atoms with Crippen LogP contribution in [-0.2, 0) is 7.05 Å². The summed E-state index contributed by atoms with van der Waals surface area (Å²) in [6, 6.07) is 5.53. The Morgan fingerprint density at radius 3 is 3.11 bits per heavy atom. The molecule has 0 aliphatic rings. The van der Waals surface area contributed by atoms with E-state index in [0.29, 0.717) is 5.82 Å². The number of hydrogen-bond acceptors (Lipinski definition) is 5. The molecule has 0 atom stereocenters. The first-order valence-corrected chi connectivity index (χ1v) is 5.51. The highest BCUT2D eigenvalue weighted by molar-refractivity contribution is 5.83. The molecule has 2 heterocycles. The molecule has 1 aromatic carbocycles. The van der Waals surface area contributed by atoms with Gasteiger partial charge < -0.3 is 15.4 Å². The standard InChI is InChI=1S/C11H10N6O2/c1-16-6-12-10(17(18)19)11(16)14-8-2-3-9-7(4-8)5-13-15-9/h2-6,14H,1H3,(H,13,15). The van der Waals surface area contributed by atoms with Gasteiger partial charge in [0.15, 0.2) is 0 Å². The van der Waals surface area contributed by atoms with Crippen molar-refractivity contribution in [2.45, 2.75) is 0 Å². The summed E-state index contributed by atoms with van der Waals surface area (Å²) in [4.78, 5) is 14.1. The van der Waals surface area contributed by atoms with Gasteiger partial charge in [0.1, 0.15) is 0 Å². The first-order chi connectivity index (χ1) is 9.15. The van der Waals surface area contributed by atoms with Crippen LogP contribution in [0.3, 0.4) is 0 Å². The molecule has 0 unspecified atom stereocenters. The van der Waals surface area contributed by atoms with E-state index in [1.165, 1.54) is 6.33 Å². The molecule has 0 fully saturated rings. The van der Waals surface area contributed by atoms with Gasteiger partial charge in [-0.3, -0.25) is 9.67 Å². The van der Waals surface area contributed by atoms with E-state index in [4.69, 9.17) is 0 Å². The fourth-order valence-corrected chi connectivity index (χ4v) is 1.85. The van der Waals surface area contributed by atoms with Gasteiger partial charge in [-0.25, -0.2) is 0 Å². The molecule has 0 saturated heterocycles. The number of fused-ring (bicyclic) bond motifs is 1. The Balaban J connectivity index is 2.00. The maximum Gasteiger partial charge on any atom is 0.406 e. The lowest BCUT2D eigenvalue weighted by Crippen LogP contribution is -2.00. The number of rotatable bonds is 3. The Bertz CT molecular complexity index is 759. The van der Waals surface area contributed by atoms with Gasteiger partial charge in [0.2, 0.25) is 12.1 Å². The van der Waals surface area contributed by atoms with E-state index in [1.54, 1.807) is 17.8 Å². The van der Waals surface area contributed by atoms with Crippen LogP contribution in [0.1, 0.15) is 0 Å². The topological polar surface area (TPSA) is 102 Å². The van der Waals surface area contributed by atoms with E-state index < -0.39 is 4.92 Å². The van der Waals surface area contributed by atoms with Crippen LogP contribution in [-0.4, -0.2) is 24.7 Å². The lowest BCUT2D eigenvalue weighted by atomic mass is 10.2. The minimum absolute atomic E-state index is 0.199. The van der Waals surface area contributed by atoms with E-state index in [2.05, 4.69) is 20.5 Å². The number of anilines is 2. The summed E-state index contributed by atoms with van der Waals surface area (Å²) in [5.41, 5.74) is 1.64. The van der Waals surface area contributed by atoms with E-state index in [9.17, 15) is 10.1 Å². The van der Waals surface area contributed by atoms with Crippen LogP contribution in [0.15, 0.2) is 30.7 Å². The van der Waals surface area contributed by atoms with Gasteiger partial charge in [0.25, 0.3) is 0 Å². The first kappa shape index (κ1) is 11.2. The van der Waals surface area contributed by atoms with Crippen molar-refractivity contribution in [2.24, 2.45) is 7.05 Å². The van der Waals surface area contributed by atoms with Crippen molar-refractivity contribution in [3.05, 3.63) is 40.8 Å². The third-order valence-corrected chi connectivity index (χ3v) is 2.79. The van der Waals surface area contributed by atoms with Crippen molar-refractivity contribution < 1.29 is 4.92 Å². The Hall–Kier alpha value is -2.90. The van der Waals surface area contributed by atoms with Crippen LogP contribution in [0, 0.1) is 10.1 Å². The highest BCUT2D eigenvalue weighted by Crippen LogP contribution is 2.26. The number of nitrogens with zero attached hydrogens (tertiary/aromatic N) is 4. The van der Waals surface area contributed by atoms with Crippen molar-refractivity contribution in [3.8, 4) is 0 Å². The van der Waals surface area contributed by atoms with Crippen molar-refractivity contribution in [1.82, 2.24) is 19.7 Å². The molecule has 2 N–H and O–H groups in total. The second kappa shape index (κ2) is 4.09. The molecule has 19 heavy (non-hydrogen) atoms. The summed E-state index contributed by atoms with van der Waals surface area (Å²) < 4.78 is 1.57. The van der Waals surface area contributed by atoms with Crippen molar-refractivity contribution in [2.75, 3.05) is 5.32 Å². The van der Waals surface area contributed by atoms with Crippen molar-refractivity contribution >= 4 is 28.2 Å². The third-order valence-electron chi connectivity index (χ3n) is 2.79. The lowest BCUT2D eigenvalue weighted by Gasteiger charge is -2.06. The van der Waals surface area contributed by atoms with Crippen molar-refractivity contribution in [1.29, 1.82) is 0 Å². The Morgan fingerprint density at radius 2 is 2.32 bits per heavy atom. The number of H-pyrrole nitrogens is 1. The average Bonchev–Trinajstić information content (AvgIpc) is 2.97. The number of benzene rings is 1. The molecule has 0 saturated carbocycles. The van der Waals surface area contributed by atoms with Gasteiger partial charge >= 0.3 is 5.82 Å². The Kier molecular flexibility index (Phi) is 2.41. The van der Waals surface area contributed by atoms with Crippen molar-refractivity contribution in [3.63, 3.8) is 0 Å². The van der Waals surface area contributed by atoms with Crippen LogP contribution in [0.5, 0.6) is 0 Å². The number of nitrogens with one attached hydrogen (secondary N) is 2. The minimum atomic E-state index is -0.515. The summed E-state index contributed by atoms with van der Waals surface area (Å²) in [6.45, 7) is 0. The number of imidazole rings is 1. The Labute approximate surface area is 107 Å². The molecule has 0 radical (unpaired) electrons. The van der Waals surface area contributed by atoms with Crippen LogP contribution < -0.4 is 5.32 Å². The zero-order valence-corrected chi connectivity index (χ0v) is 9.99. The third kappa shape index (κ3) is 1.88. The highest BCUT2D eigenvalue weighted by atomic mass is 16.6. The summed E-state index contributed by atoms with van der Waals surface area (Å²) in [5.74, 6) is 0.141. The minimum Gasteiger partial charge on any atom is -0.358 e. The van der Waals surface area contributed by atoms with E-state index >= 15 is 0 Å². The molecule has 0 aliphatic heterocycles. The van der Waals surface area contributed by atoms with Gasteiger partial charge in [-0.2, -0.15) is 5.10 Å². The van der Waals surface area contributed by atoms with Gasteiger partial charge in [0, 0.05) is 18.1 Å². The predicted octanol–water partition coefficient (Wildman–Crippen LogP) is 1.95. The smallest absolute Gasteiger partial charge is 0.358 e. The van der Waals surface area contributed by atoms with Crippen LogP contribution in [0.4, 0.5) is 17.3 Å². The first-order valence-electron chi connectivity index (χ1n) is 5.51. The molecule has 96 valence electrons. The van der Waals surface area contributed by atoms with E-state index in [-0.39, 0.29) is 5.82 Å².